The van der Waals surface area contributed by atoms with Gasteiger partial charge in [0.2, 0.25) is 0 Å². The fourth-order valence-electron chi connectivity index (χ4n) is 2.69. The molecule has 3 rings (SSSR count). The maximum absolute atomic E-state index is 13.2. The minimum atomic E-state index is -0.118. The molecule has 0 bridgehead atoms. The molecule has 0 amide bonds. The summed E-state index contributed by atoms with van der Waals surface area (Å²) in [6, 6.07) is 0. The van der Waals surface area contributed by atoms with E-state index in [-0.39, 0.29) is 5.83 Å². The molecular formula is C14H17FN2. The van der Waals surface area contributed by atoms with Gasteiger partial charge in [-0.05, 0) is 50.1 Å². The Labute approximate surface area is 101 Å². The van der Waals surface area contributed by atoms with Crippen LogP contribution in [0.1, 0.15) is 25.7 Å². The predicted octanol–water partition coefficient (Wildman–Crippen LogP) is 2.99. The van der Waals surface area contributed by atoms with Crippen molar-refractivity contribution >= 4 is 5.71 Å². The van der Waals surface area contributed by atoms with Gasteiger partial charge in [0, 0.05) is 24.7 Å². The summed E-state index contributed by atoms with van der Waals surface area (Å²) >= 11 is 0. The Morgan fingerprint density at radius 3 is 2.94 bits per heavy atom. The van der Waals surface area contributed by atoms with Gasteiger partial charge in [-0.15, -0.1) is 0 Å². The van der Waals surface area contributed by atoms with Gasteiger partial charge in [-0.2, -0.15) is 0 Å². The van der Waals surface area contributed by atoms with Crippen LogP contribution in [0.15, 0.2) is 40.3 Å². The number of likely N-dealkylation sites (tertiary alicyclic amines) is 1. The molecule has 2 nitrogen and oxygen atoms in total. The third-order valence-corrected chi connectivity index (χ3v) is 3.70. The Morgan fingerprint density at radius 1 is 1.29 bits per heavy atom. The summed E-state index contributed by atoms with van der Waals surface area (Å²) in [5.41, 5.74) is 3.27. The lowest BCUT2D eigenvalue weighted by Gasteiger charge is -2.16. The molecule has 2 aliphatic heterocycles. The molecule has 0 saturated carbocycles. The molecule has 3 aliphatic rings. The van der Waals surface area contributed by atoms with Gasteiger partial charge in [0.25, 0.3) is 0 Å². The first kappa shape index (κ1) is 10.9. The number of allylic oxidation sites excluding steroid dienone is 4. The van der Waals surface area contributed by atoms with Crippen LogP contribution < -0.4 is 0 Å². The second kappa shape index (κ2) is 4.57. The fraction of sp³-hybridized carbons (Fsp3) is 0.500. The largest absolute Gasteiger partial charge is 0.303 e. The zero-order valence-electron chi connectivity index (χ0n) is 9.95. The third kappa shape index (κ3) is 2.25. The average Bonchev–Trinajstić information content (AvgIpc) is 2.94. The van der Waals surface area contributed by atoms with E-state index >= 15 is 0 Å². The van der Waals surface area contributed by atoms with Crippen LogP contribution in [-0.4, -0.2) is 30.2 Å². The predicted molar refractivity (Wildman–Crippen MR) is 67.7 cm³/mol. The first-order valence-corrected chi connectivity index (χ1v) is 6.39. The summed E-state index contributed by atoms with van der Waals surface area (Å²) in [4.78, 5) is 6.86. The Hall–Kier alpha value is -1.22. The second-order valence-corrected chi connectivity index (χ2v) is 4.88. The number of halogens is 1. The molecule has 0 unspecified atom stereocenters. The van der Waals surface area contributed by atoms with Crippen molar-refractivity contribution in [1.29, 1.82) is 0 Å². The Morgan fingerprint density at radius 2 is 2.12 bits per heavy atom. The molecule has 2 heterocycles. The van der Waals surface area contributed by atoms with E-state index in [1.807, 2.05) is 6.20 Å². The lowest BCUT2D eigenvalue weighted by atomic mass is 9.95. The smallest absolute Gasteiger partial charge is 0.120 e. The van der Waals surface area contributed by atoms with Crippen LogP contribution in [0.4, 0.5) is 4.39 Å². The van der Waals surface area contributed by atoms with Gasteiger partial charge >= 0.3 is 0 Å². The van der Waals surface area contributed by atoms with Gasteiger partial charge < -0.3 is 4.90 Å². The summed E-state index contributed by atoms with van der Waals surface area (Å²) < 4.78 is 13.2. The van der Waals surface area contributed by atoms with E-state index in [2.05, 4.69) is 9.89 Å². The Balaban J connectivity index is 1.63. The standard InChI is InChI=1S/C14H17FN2/c15-12-3-4-14-13(9-12)11(10-16-14)5-8-17-6-1-2-7-17/h3,9-10H,1-2,4-8H2. The van der Waals surface area contributed by atoms with Gasteiger partial charge in [-0.25, -0.2) is 4.39 Å². The van der Waals surface area contributed by atoms with E-state index in [4.69, 9.17) is 0 Å². The van der Waals surface area contributed by atoms with E-state index in [9.17, 15) is 4.39 Å². The summed E-state index contributed by atoms with van der Waals surface area (Å²) in [6.45, 7) is 3.51. The van der Waals surface area contributed by atoms with Gasteiger partial charge in [-0.3, -0.25) is 4.99 Å². The van der Waals surface area contributed by atoms with Crippen molar-refractivity contribution in [3.63, 3.8) is 0 Å². The monoisotopic (exact) mass is 232 g/mol. The number of nitrogens with zero attached hydrogens (tertiary/aromatic N) is 2. The molecule has 0 aromatic carbocycles. The van der Waals surface area contributed by atoms with E-state index in [1.54, 1.807) is 12.2 Å². The highest BCUT2D eigenvalue weighted by Crippen LogP contribution is 2.29. The highest BCUT2D eigenvalue weighted by Gasteiger charge is 2.21. The minimum Gasteiger partial charge on any atom is -0.303 e. The van der Waals surface area contributed by atoms with Gasteiger partial charge in [0.15, 0.2) is 0 Å². The molecule has 0 atom stereocenters. The maximum atomic E-state index is 13.2. The minimum absolute atomic E-state index is 0.118. The van der Waals surface area contributed by atoms with Crippen molar-refractivity contribution in [3.8, 4) is 0 Å². The molecule has 1 saturated heterocycles. The van der Waals surface area contributed by atoms with Crippen LogP contribution in [0, 0.1) is 0 Å². The van der Waals surface area contributed by atoms with Crippen LogP contribution in [0.2, 0.25) is 0 Å². The number of hydrogen-bond acceptors (Lipinski definition) is 2. The molecular weight excluding hydrogens is 215 g/mol. The van der Waals surface area contributed by atoms with Crippen LogP contribution >= 0.6 is 0 Å². The van der Waals surface area contributed by atoms with Crippen molar-refractivity contribution < 1.29 is 4.39 Å². The van der Waals surface area contributed by atoms with Gasteiger partial charge in [0.05, 0.1) is 5.71 Å². The molecule has 0 N–H and O–H groups in total. The van der Waals surface area contributed by atoms with Gasteiger partial charge in [-0.1, -0.05) is 0 Å². The molecule has 90 valence electrons. The summed E-state index contributed by atoms with van der Waals surface area (Å²) in [7, 11) is 0. The second-order valence-electron chi connectivity index (χ2n) is 4.88. The summed E-state index contributed by atoms with van der Waals surface area (Å²) in [6.07, 6.45) is 9.42. The highest BCUT2D eigenvalue weighted by atomic mass is 19.1. The summed E-state index contributed by atoms with van der Waals surface area (Å²) in [5, 5.41) is 0. The molecule has 0 spiro atoms. The Kier molecular flexibility index (Phi) is 2.93. The van der Waals surface area contributed by atoms with Crippen molar-refractivity contribution in [2.45, 2.75) is 25.7 Å². The molecule has 1 fully saturated rings. The zero-order valence-corrected chi connectivity index (χ0v) is 9.95. The van der Waals surface area contributed by atoms with Crippen molar-refractivity contribution in [2.75, 3.05) is 19.6 Å². The maximum Gasteiger partial charge on any atom is 0.120 e. The molecule has 0 radical (unpaired) electrons. The van der Waals surface area contributed by atoms with Crippen LogP contribution in [0.25, 0.3) is 0 Å². The van der Waals surface area contributed by atoms with E-state index in [0.29, 0.717) is 6.42 Å². The van der Waals surface area contributed by atoms with Crippen LogP contribution in [0.5, 0.6) is 0 Å². The first-order chi connectivity index (χ1) is 8.33. The highest BCUT2D eigenvalue weighted by molar-refractivity contribution is 6.08. The van der Waals surface area contributed by atoms with E-state index < -0.39 is 0 Å². The van der Waals surface area contributed by atoms with E-state index in [0.717, 1.165) is 24.3 Å². The molecule has 1 aliphatic carbocycles. The Bertz CT molecular complexity index is 437. The normalized spacial score (nSPS) is 24.1. The third-order valence-electron chi connectivity index (χ3n) is 3.70. The van der Waals surface area contributed by atoms with Crippen molar-refractivity contribution in [1.82, 2.24) is 4.90 Å². The number of rotatable bonds is 3. The quantitative estimate of drug-likeness (QED) is 0.730. The summed E-state index contributed by atoms with van der Waals surface area (Å²) in [5.74, 6) is -0.118. The molecule has 0 aromatic rings. The lowest BCUT2D eigenvalue weighted by Crippen LogP contribution is -2.21. The van der Waals surface area contributed by atoms with Crippen molar-refractivity contribution in [2.24, 2.45) is 4.99 Å². The van der Waals surface area contributed by atoms with Crippen molar-refractivity contribution in [3.05, 3.63) is 35.3 Å². The zero-order chi connectivity index (χ0) is 11.7. The lowest BCUT2D eigenvalue weighted by molar-refractivity contribution is 0.344. The average molecular weight is 232 g/mol. The number of fused-ring (bicyclic) bond motifs is 1. The van der Waals surface area contributed by atoms with Gasteiger partial charge in [0.1, 0.15) is 5.83 Å². The number of aliphatic imine (C=N–C) groups is 1. The molecule has 0 aromatic heterocycles. The van der Waals surface area contributed by atoms with Crippen LogP contribution in [-0.2, 0) is 0 Å². The fourth-order valence-corrected chi connectivity index (χ4v) is 2.69. The first-order valence-electron chi connectivity index (χ1n) is 6.39. The molecule has 3 heteroatoms. The SMILES string of the molecule is FC1=CCC2=NC=C(CCN3CCCC3)C2=C1. The van der Waals surface area contributed by atoms with Crippen LogP contribution in [0.3, 0.4) is 0 Å². The van der Waals surface area contributed by atoms with E-state index in [1.165, 1.54) is 31.5 Å². The number of hydrogen-bond donors (Lipinski definition) is 0. The molecule has 17 heavy (non-hydrogen) atoms. The topological polar surface area (TPSA) is 15.6 Å².